The number of amides is 1. The molecule has 0 saturated carbocycles. The number of hydrogen-bond donors (Lipinski definition) is 4. The lowest BCUT2D eigenvalue weighted by Crippen LogP contribution is -2.14. The number of benzene rings is 2. The van der Waals surface area contributed by atoms with Crippen molar-refractivity contribution in [2.75, 3.05) is 16.0 Å². The molecule has 0 fully saturated rings. The summed E-state index contributed by atoms with van der Waals surface area (Å²) in [6.07, 6.45) is 0.0432. The van der Waals surface area contributed by atoms with E-state index in [1.807, 2.05) is 31.2 Å². The van der Waals surface area contributed by atoms with E-state index in [0.29, 0.717) is 34.9 Å². The molecule has 4 N–H and O–H groups in total. The van der Waals surface area contributed by atoms with E-state index in [1.165, 1.54) is 18.2 Å². The van der Waals surface area contributed by atoms with E-state index in [1.54, 1.807) is 19.1 Å². The molecule has 162 valence electrons. The normalized spacial score (nSPS) is 10.6. The van der Waals surface area contributed by atoms with Crippen molar-refractivity contribution in [3.05, 3.63) is 77.5 Å². The Balaban J connectivity index is 1.41. The zero-order chi connectivity index (χ0) is 22.5. The average Bonchev–Trinajstić information content (AvgIpc) is 3.15. The van der Waals surface area contributed by atoms with Crippen molar-refractivity contribution in [2.24, 2.45) is 0 Å². The van der Waals surface area contributed by atoms with Gasteiger partial charge in [0.1, 0.15) is 11.6 Å². The third kappa shape index (κ3) is 5.42. The van der Waals surface area contributed by atoms with Gasteiger partial charge in [-0.1, -0.05) is 24.3 Å². The molecule has 2 aromatic carbocycles. The Labute approximate surface area is 183 Å². The molecule has 0 aliphatic rings. The minimum Gasteiger partial charge on any atom is -0.326 e. The number of hydrogen-bond acceptors (Lipinski definition) is 7. The highest BCUT2D eigenvalue weighted by Crippen LogP contribution is 2.19. The van der Waals surface area contributed by atoms with Gasteiger partial charge in [0.05, 0.1) is 6.42 Å². The molecule has 1 amide bonds. The van der Waals surface area contributed by atoms with Gasteiger partial charge in [0, 0.05) is 23.1 Å². The Morgan fingerprint density at radius 2 is 1.75 bits per heavy atom. The number of aromatic nitrogens is 5. The number of halogens is 1. The number of aryl methyl sites for hydroxylation is 2. The standard InChI is InChI=1S/C22H21FN8O/c1-13-6-3-4-9-18(13)27-21-24-14(2)25-22(29-21)28-19-11-17(30-31-19)12-20(32)26-16-8-5-7-15(23)10-16/h3-11H,12H2,1-2H3,(H,26,32)(H3,24,25,27,28,29,30,31). The van der Waals surface area contributed by atoms with Crippen LogP contribution >= 0.6 is 0 Å². The Morgan fingerprint density at radius 1 is 0.969 bits per heavy atom. The second-order valence-corrected chi connectivity index (χ2v) is 7.11. The fourth-order valence-electron chi connectivity index (χ4n) is 3.00. The van der Waals surface area contributed by atoms with E-state index in [4.69, 9.17) is 0 Å². The highest BCUT2D eigenvalue weighted by Gasteiger charge is 2.11. The van der Waals surface area contributed by atoms with E-state index in [-0.39, 0.29) is 12.3 Å². The number of para-hydroxylation sites is 1. The van der Waals surface area contributed by atoms with Gasteiger partial charge < -0.3 is 16.0 Å². The first-order chi connectivity index (χ1) is 15.4. The molecule has 0 atom stereocenters. The minimum atomic E-state index is -0.417. The number of H-pyrrole nitrogens is 1. The van der Waals surface area contributed by atoms with E-state index in [0.717, 1.165) is 11.3 Å². The van der Waals surface area contributed by atoms with Crippen LogP contribution in [0.3, 0.4) is 0 Å². The van der Waals surface area contributed by atoms with Gasteiger partial charge in [-0.15, -0.1) is 0 Å². The fourth-order valence-corrected chi connectivity index (χ4v) is 3.00. The van der Waals surface area contributed by atoms with Crippen LogP contribution < -0.4 is 16.0 Å². The van der Waals surface area contributed by atoms with Crippen molar-refractivity contribution in [3.63, 3.8) is 0 Å². The molecule has 32 heavy (non-hydrogen) atoms. The van der Waals surface area contributed by atoms with Gasteiger partial charge in [0.15, 0.2) is 5.82 Å². The van der Waals surface area contributed by atoms with E-state index in [2.05, 4.69) is 41.1 Å². The van der Waals surface area contributed by atoms with Crippen LogP contribution in [0.15, 0.2) is 54.6 Å². The maximum Gasteiger partial charge on any atom is 0.233 e. The molecule has 2 heterocycles. The van der Waals surface area contributed by atoms with Crippen LogP contribution in [0.4, 0.5) is 33.5 Å². The summed E-state index contributed by atoms with van der Waals surface area (Å²) in [7, 11) is 0. The van der Waals surface area contributed by atoms with Crippen LogP contribution in [0.2, 0.25) is 0 Å². The molecule has 2 aromatic heterocycles. The molecule has 0 spiro atoms. The third-order valence-electron chi connectivity index (χ3n) is 4.47. The maximum atomic E-state index is 13.3. The van der Waals surface area contributed by atoms with Crippen molar-refractivity contribution in [1.29, 1.82) is 0 Å². The third-order valence-corrected chi connectivity index (χ3v) is 4.47. The molecule has 9 nitrogen and oxygen atoms in total. The summed E-state index contributed by atoms with van der Waals surface area (Å²) in [4.78, 5) is 25.2. The number of nitrogens with one attached hydrogen (secondary N) is 4. The summed E-state index contributed by atoms with van der Waals surface area (Å²) in [6, 6.07) is 15.2. The number of carbonyl (C=O) groups excluding carboxylic acids is 1. The molecule has 0 aliphatic heterocycles. The minimum absolute atomic E-state index is 0.0432. The quantitative estimate of drug-likeness (QED) is 0.348. The molecular weight excluding hydrogens is 411 g/mol. The van der Waals surface area contributed by atoms with E-state index >= 15 is 0 Å². The van der Waals surface area contributed by atoms with Crippen molar-refractivity contribution in [1.82, 2.24) is 25.1 Å². The van der Waals surface area contributed by atoms with E-state index in [9.17, 15) is 9.18 Å². The van der Waals surface area contributed by atoms with E-state index < -0.39 is 5.82 Å². The first kappa shape index (κ1) is 20.9. The number of aromatic amines is 1. The van der Waals surface area contributed by atoms with Crippen molar-refractivity contribution in [2.45, 2.75) is 20.3 Å². The van der Waals surface area contributed by atoms with Crippen LogP contribution in [0.5, 0.6) is 0 Å². The molecule has 0 radical (unpaired) electrons. The van der Waals surface area contributed by atoms with Gasteiger partial charge in [-0.25, -0.2) is 4.39 Å². The Bertz CT molecular complexity index is 1260. The largest absolute Gasteiger partial charge is 0.326 e. The summed E-state index contributed by atoms with van der Waals surface area (Å²) >= 11 is 0. The smallest absolute Gasteiger partial charge is 0.233 e. The predicted molar refractivity (Wildman–Crippen MR) is 120 cm³/mol. The highest BCUT2D eigenvalue weighted by molar-refractivity contribution is 5.92. The second-order valence-electron chi connectivity index (χ2n) is 7.11. The first-order valence-electron chi connectivity index (χ1n) is 9.87. The summed E-state index contributed by atoms with van der Waals surface area (Å²) in [5, 5.41) is 15.8. The molecule has 10 heteroatoms. The number of nitrogens with zero attached hydrogens (tertiary/aromatic N) is 4. The second kappa shape index (κ2) is 9.21. The topological polar surface area (TPSA) is 121 Å². The monoisotopic (exact) mass is 432 g/mol. The van der Waals surface area contributed by atoms with Crippen LogP contribution in [-0.2, 0) is 11.2 Å². The predicted octanol–water partition coefficient (Wildman–Crippen LogP) is 4.02. The van der Waals surface area contributed by atoms with Crippen LogP contribution in [0.1, 0.15) is 17.1 Å². The van der Waals surface area contributed by atoms with Crippen molar-refractivity contribution >= 4 is 35.0 Å². The number of carbonyl (C=O) groups is 1. The van der Waals surface area contributed by atoms with Gasteiger partial charge in [0.2, 0.25) is 17.8 Å². The summed E-state index contributed by atoms with van der Waals surface area (Å²) in [5.41, 5.74) is 2.93. The Hall–Kier alpha value is -4.34. The molecule has 0 unspecified atom stereocenters. The lowest BCUT2D eigenvalue weighted by Gasteiger charge is -2.09. The van der Waals surface area contributed by atoms with Gasteiger partial charge in [-0.05, 0) is 43.7 Å². The van der Waals surface area contributed by atoms with Gasteiger partial charge in [-0.3, -0.25) is 9.89 Å². The van der Waals surface area contributed by atoms with Crippen LogP contribution in [0, 0.1) is 19.7 Å². The number of anilines is 5. The van der Waals surface area contributed by atoms with Crippen molar-refractivity contribution < 1.29 is 9.18 Å². The zero-order valence-electron chi connectivity index (χ0n) is 17.5. The highest BCUT2D eigenvalue weighted by atomic mass is 19.1. The number of rotatable bonds is 7. The molecule has 4 aromatic rings. The van der Waals surface area contributed by atoms with Crippen LogP contribution in [0.25, 0.3) is 0 Å². The lowest BCUT2D eigenvalue weighted by atomic mass is 10.2. The molecule has 4 rings (SSSR count). The summed E-state index contributed by atoms with van der Waals surface area (Å²) in [6.45, 7) is 3.76. The maximum absolute atomic E-state index is 13.3. The van der Waals surface area contributed by atoms with Crippen molar-refractivity contribution in [3.8, 4) is 0 Å². The zero-order valence-corrected chi connectivity index (χ0v) is 17.5. The summed E-state index contributed by atoms with van der Waals surface area (Å²) in [5.74, 6) is 0.983. The molecule has 0 saturated heterocycles. The van der Waals surface area contributed by atoms with Gasteiger partial charge >= 0.3 is 0 Å². The average molecular weight is 432 g/mol. The lowest BCUT2D eigenvalue weighted by molar-refractivity contribution is -0.115. The fraction of sp³-hybridized carbons (Fsp3) is 0.136. The molecule has 0 bridgehead atoms. The molecule has 0 aliphatic carbocycles. The molecular formula is C22H21FN8O. The van der Waals surface area contributed by atoms with Gasteiger partial charge in [-0.2, -0.15) is 20.1 Å². The SMILES string of the molecule is Cc1nc(Nc2cc(CC(=O)Nc3cccc(F)c3)[nH]n2)nc(Nc2ccccc2C)n1. The van der Waals surface area contributed by atoms with Crippen LogP contribution in [-0.4, -0.2) is 31.1 Å². The van der Waals surface area contributed by atoms with Gasteiger partial charge in [0.25, 0.3) is 0 Å². The Morgan fingerprint density at radius 3 is 2.53 bits per heavy atom. The Kier molecular flexibility index (Phi) is 6.02. The summed E-state index contributed by atoms with van der Waals surface area (Å²) < 4.78 is 13.3. The first-order valence-corrected chi connectivity index (χ1v) is 9.87.